The Balaban J connectivity index is 2.48. The van der Waals surface area contributed by atoms with Crippen molar-refractivity contribution in [3.63, 3.8) is 0 Å². The molecule has 0 saturated carbocycles. The number of aromatic nitrogens is 2. The number of hydrogen-bond donors (Lipinski definition) is 1. The van der Waals surface area contributed by atoms with Crippen LogP contribution in [0, 0.1) is 0 Å². The molecule has 0 aliphatic rings. The summed E-state index contributed by atoms with van der Waals surface area (Å²) in [4.78, 5) is 12.7. The number of anilines is 2. The van der Waals surface area contributed by atoms with Crippen LogP contribution in [-0.4, -0.2) is 56.1 Å². The summed E-state index contributed by atoms with van der Waals surface area (Å²) in [7, 11) is 8.09. The van der Waals surface area contributed by atoms with Crippen molar-refractivity contribution in [2.45, 2.75) is 6.42 Å². The minimum atomic E-state index is 0.851. The topological polar surface area (TPSA) is 44.3 Å². The fourth-order valence-corrected chi connectivity index (χ4v) is 1.43. The van der Waals surface area contributed by atoms with Gasteiger partial charge in [-0.15, -0.1) is 0 Å². The standard InChI is InChI=1S/C11H21N5/c1-12-10-8-11(14-9-13-10)16(4)7-5-6-15(2)3/h8-9H,5-7H2,1-4H3,(H,12,13,14). The molecule has 90 valence electrons. The van der Waals surface area contributed by atoms with Gasteiger partial charge in [0.15, 0.2) is 0 Å². The second-order valence-corrected chi connectivity index (χ2v) is 4.09. The highest BCUT2D eigenvalue weighted by molar-refractivity contribution is 5.47. The average molecular weight is 223 g/mol. The molecule has 0 aliphatic carbocycles. The van der Waals surface area contributed by atoms with Crippen LogP contribution in [-0.2, 0) is 0 Å². The Morgan fingerprint density at radius 3 is 2.56 bits per heavy atom. The normalized spacial score (nSPS) is 10.6. The Morgan fingerprint density at radius 1 is 1.19 bits per heavy atom. The summed E-state index contributed by atoms with van der Waals surface area (Å²) in [6, 6.07) is 1.95. The number of hydrogen-bond acceptors (Lipinski definition) is 5. The molecule has 0 unspecified atom stereocenters. The highest BCUT2D eigenvalue weighted by Crippen LogP contribution is 2.11. The van der Waals surface area contributed by atoms with E-state index in [1.807, 2.05) is 13.1 Å². The Bertz CT molecular complexity index is 313. The summed E-state index contributed by atoms with van der Waals surface area (Å²) in [5.41, 5.74) is 0. The third-order valence-electron chi connectivity index (χ3n) is 2.40. The number of nitrogens with one attached hydrogen (secondary N) is 1. The second kappa shape index (κ2) is 6.27. The van der Waals surface area contributed by atoms with Gasteiger partial charge in [-0.1, -0.05) is 0 Å². The highest BCUT2D eigenvalue weighted by Gasteiger charge is 2.03. The van der Waals surface area contributed by atoms with E-state index in [-0.39, 0.29) is 0 Å². The monoisotopic (exact) mass is 223 g/mol. The second-order valence-electron chi connectivity index (χ2n) is 4.09. The first-order valence-corrected chi connectivity index (χ1v) is 5.49. The molecule has 1 rings (SSSR count). The molecule has 1 N–H and O–H groups in total. The third kappa shape index (κ3) is 4.02. The van der Waals surface area contributed by atoms with E-state index in [9.17, 15) is 0 Å². The van der Waals surface area contributed by atoms with Crippen molar-refractivity contribution >= 4 is 11.6 Å². The van der Waals surface area contributed by atoms with Gasteiger partial charge in [-0.05, 0) is 27.1 Å². The van der Waals surface area contributed by atoms with Crippen LogP contribution >= 0.6 is 0 Å². The van der Waals surface area contributed by atoms with Crippen LogP contribution in [0.25, 0.3) is 0 Å². The fourth-order valence-electron chi connectivity index (χ4n) is 1.43. The van der Waals surface area contributed by atoms with Crippen molar-refractivity contribution in [1.29, 1.82) is 0 Å². The van der Waals surface area contributed by atoms with Gasteiger partial charge < -0.3 is 15.1 Å². The molecule has 1 aromatic heterocycles. The zero-order chi connectivity index (χ0) is 12.0. The summed E-state index contributed by atoms with van der Waals surface area (Å²) >= 11 is 0. The summed E-state index contributed by atoms with van der Waals surface area (Å²) in [5, 5.41) is 3.01. The van der Waals surface area contributed by atoms with E-state index in [1.54, 1.807) is 6.33 Å². The SMILES string of the molecule is CNc1cc(N(C)CCCN(C)C)ncn1. The zero-order valence-corrected chi connectivity index (χ0v) is 10.6. The molecule has 0 radical (unpaired) electrons. The smallest absolute Gasteiger partial charge is 0.133 e. The lowest BCUT2D eigenvalue weighted by atomic mass is 10.3. The van der Waals surface area contributed by atoms with Crippen LogP contribution < -0.4 is 10.2 Å². The maximum absolute atomic E-state index is 4.25. The Hall–Kier alpha value is -1.36. The van der Waals surface area contributed by atoms with Gasteiger partial charge in [0.1, 0.15) is 18.0 Å². The molecule has 0 atom stereocenters. The van der Waals surface area contributed by atoms with Crippen LogP contribution in [0.15, 0.2) is 12.4 Å². The van der Waals surface area contributed by atoms with E-state index in [0.29, 0.717) is 0 Å². The molecule has 1 aromatic rings. The van der Waals surface area contributed by atoms with Crippen LogP contribution in [0.3, 0.4) is 0 Å². The lowest BCUT2D eigenvalue weighted by Crippen LogP contribution is -2.24. The molecule has 0 aromatic carbocycles. The molecule has 16 heavy (non-hydrogen) atoms. The van der Waals surface area contributed by atoms with Crippen LogP contribution in [0.5, 0.6) is 0 Å². The molecule has 0 bridgehead atoms. The van der Waals surface area contributed by atoms with Gasteiger partial charge in [0.25, 0.3) is 0 Å². The molecular formula is C11H21N5. The minimum absolute atomic E-state index is 0.851. The molecule has 1 heterocycles. The summed E-state index contributed by atoms with van der Waals surface area (Å²) < 4.78 is 0. The third-order valence-corrected chi connectivity index (χ3v) is 2.40. The van der Waals surface area contributed by atoms with E-state index in [1.165, 1.54) is 0 Å². The van der Waals surface area contributed by atoms with Gasteiger partial charge in [0.05, 0.1) is 0 Å². The first kappa shape index (κ1) is 12.7. The fraction of sp³-hybridized carbons (Fsp3) is 0.636. The van der Waals surface area contributed by atoms with Crippen molar-refractivity contribution in [2.75, 3.05) is 51.5 Å². The molecule has 5 nitrogen and oxygen atoms in total. The van der Waals surface area contributed by atoms with Gasteiger partial charge in [0, 0.05) is 26.7 Å². The molecule has 0 spiro atoms. The first-order chi connectivity index (χ1) is 7.63. The first-order valence-electron chi connectivity index (χ1n) is 5.49. The largest absolute Gasteiger partial charge is 0.373 e. The van der Waals surface area contributed by atoms with Crippen LogP contribution in [0.1, 0.15) is 6.42 Å². The van der Waals surface area contributed by atoms with E-state index >= 15 is 0 Å². The van der Waals surface area contributed by atoms with E-state index in [2.05, 4.69) is 46.2 Å². The van der Waals surface area contributed by atoms with Crippen molar-refractivity contribution in [2.24, 2.45) is 0 Å². The van der Waals surface area contributed by atoms with Gasteiger partial charge in [-0.3, -0.25) is 0 Å². The molecular weight excluding hydrogens is 202 g/mol. The summed E-state index contributed by atoms with van der Waals surface area (Å²) in [6.07, 6.45) is 2.71. The summed E-state index contributed by atoms with van der Waals surface area (Å²) in [6.45, 7) is 2.09. The number of nitrogens with zero attached hydrogens (tertiary/aromatic N) is 4. The molecule has 0 amide bonds. The predicted octanol–water partition coefficient (Wildman–Crippen LogP) is 0.906. The average Bonchev–Trinajstić information content (AvgIpc) is 2.28. The molecule has 5 heteroatoms. The van der Waals surface area contributed by atoms with Gasteiger partial charge >= 0.3 is 0 Å². The van der Waals surface area contributed by atoms with E-state index in [0.717, 1.165) is 31.1 Å². The Kier molecular flexibility index (Phi) is 4.98. The maximum Gasteiger partial charge on any atom is 0.133 e. The van der Waals surface area contributed by atoms with Gasteiger partial charge in [-0.2, -0.15) is 0 Å². The quantitative estimate of drug-likeness (QED) is 0.776. The number of rotatable bonds is 6. The Labute approximate surface area is 97.5 Å². The lowest BCUT2D eigenvalue weighted by Gasteiger charge is -2.19. The van der Waals surface area contributed by atoms with Gasteiger partial charge in [0.2, 0.25) is 0 Å². The van der Waals surface area contributed by atoms with E-state index in [4.69, 9.17) is 0 Å². The summed E-state index contributed by atoms with van der Waals surface area (Å²) in [5.74, 6) is 1.81. The van der Waals surface area contributed by atoms with Crippen LogP contribution in [0.2, 0.25) is 0 Å². The van der Waals surface area contributed by atoms with Crippen molar-refractivity contribution in [1.82, 2.24) is 14.9 Å². The molecule has 0 saturated heterocycles. The van der Waals surface area contributed by atoms with Crippen molar-refractivity contribution in [3.8, 4) is 0 Å². The Morgan fingerprint density at radius 2 is 1.94 bits per heavy atom. The van der Waals surface area contributed by atoms with E-state index < -0.39 is 0 Å². The maximum atomic E-state index is 4.25. The molecule has 0 aliphatic heterocycles. The minimum Gasteiger partial charge on any atom is -0.373 e. The predicted molar refractivity (Wildman–Crippen MR) is 68.0 cm³/mol. The lowest BCUT2D eigenvalue weighted by molar-refractivity contribution is 0.401. The van der Waals surface area contributed by atoms with Crippen molar-refractivity contribution in [3.05, 3.63) is 12.4 Å². The zero-order valence-electron chi connectivity index (χ0n) is 10.6. The van der Waals surface area contributed by atoms with Gasteiger partial charge in [-0.25, -0.2) is 9.97 Å². The highest BCUT2D eigenvalue weighted by atomic mass is 15.2. The van der Waals surface area contributed by atoms with Crippen molar-refractivity contribution < 1.29 is 0 Å². The molecule has 0 fully saturated rings. The van der Waals surface area contributed by atoms with Crippen LogP contribution in [0.4, 0.5) is 11.6 Å².